The van der Waals surface area contributed by atoms with Gasteiger partial charge in [-0.2, -0.15) is 0 Å². The first-order valence-electron chi connectivity index (χ1n) is 11.8. The zero-order chi connectivity index (χ0) is 24.1. The van der Waals surface area contributed by atoms with E-state index in [1.165, 1.54) is 28.0 Å². The molecule has 0 unspecified atom stereocenters. The summed E-state index contributed by atoms with van der Waals surface area (Å²) in [7, 11) is 0. The zero-order valence-corrected chi connectivity index (χ0v) is 21.7. The molecule has 5 heteroatoms. The van der Waals surface area contributed by atoms with E-state index in [0.29, 0.717) is 0 Å². The summed E-state index contributed by atoms with van der Waals surface area (Å²) in [6.45, 7) is 15.8. The number of rotatable bonds is 5. The predicted octanol–water partition coefficient (Wildman–Crippen LogP) is 6.99. The van der Waals surface area contributed by atoms with Crippen LogP contribution in [0.4, 0.5) is 4.79 Å². The van der Waals surface area contributed by atoms with Crippen molar-refractivity contribution < 1.29 is 14.3 Å². The first-order chi connectivity index (χ1) is 15.4. The Balaban J connectivity index is 1.92. The van der Waals surface area contributed by atoms with Crippen LogP contribution in [0.15, 0.2) is 30.3 Å². The second-order valence-electron chi connectivity index (χ2n) is 11.0. The lowest BCUT2D eigenvalue weighted by Crippen LogP contribution is -2.34. The number of benzene rings is 2. The van der Waals surface area contributed by atoms with Crippen molar-refractivity contribution in [2.45, 2.75) is 84.8 Å². The van der Waals surface area contributed by atoms with Gasteiger partial charge in [-0.15, -0.1) is 0 Å². The molecule has 0 spiro atoms. The minimum Gasteiger partial charge on any atom is -0.490 e. The molecule has 0 atom stereocenters. The maximum Gasteiger partial charge on any atom is 0.289 e. The van der Waals surface area contributed by atoms with Crippen molar-refractivity contribution in [1.29, 1.82) is 0 Å². The SMILES string of the molecule is Cc1cc2c(cc1-c1c(CN3C(=O)CSC3=O)cccc1OC(C)C)C(C)(C)CCC2(C)C. The molecule has 2 aliphatic rings. The molecule has 1 aliphatic carbocycles. The molecular formula is C28H35NO3S. The fourth-order valence-electron chi connectivity index (χ4n) is 5.06. The summed E-state index contributed by atoms with van der Waals surface area (Å²) in [6.07, 6.45) is 2.32. The standard InChI is InChI=1S/C28H35NO3S/c1-17(2)32-23-10-8-9-19(15-29-24(30)16-33-26(29)31)25(23)20-14-22-21(13-18(20)3)27(4,5)11-12-28(22,6)7/h8-10,13-14,17H,11-12,15-16H2,1-7H3. The van der Waals surface area contributed by atoms with Crippen LogP contribution in [0.5, 0.6) is 5.75 Å². The molecule has 176 valence electrons. The van der Waals surface area contributed by atoms with Gasteiger partial charge in [-0.1, -0.05) is 57.7 Å². The number of fused-ring (bicyclic) bond motifs is 1. The highest BCUT2D eigenvalue weighted by Gasteiger charge is 2.38. The number of hydrogen-bond acceptors (Lipinski definition) is 4. The Kier molecular flexibility index (Phi) is 6.15. The first kappa shape index (κ1) is 23.9. The number of ether oxygens (including phenoxy) is 1. The third-order valence-corrected chi connectivity index (χ3v) is 7.97. The van der Waals surface area contributed by atoms with Gasteiger partial charge in [-0.05, 0) is 84.4 Å². The molecule has 2 amide bonds. The molecule has 2 aromatic carbocycles. The first-order valence-corrected chi connectivity index (χ1v) is 12.8. The van der Waals surface area contributed by atoms with E-state index in [-0.39, 0.29) is 40.4 Å². The van der Waals surface area contributed by atoms with Gasteiger partial charge in [0.15, 0.2) is 0 Å². The van der Waals surface area contributed by atoms with Gasteiger partial charge < -0.3 is 4.74 Å². The second-order valence-corrected chi connectivity index (χ2v) is 11.9. The summed E-state index contributed by atoms with van der Waals surface area (Å²) in [5.74, 6) is 0.888. The summed E-state index contributed by atoms with van der Waals surface area (Å²) < 4.78 is 6.26. The Morgan fingerprint density at radius 2 is 1.67 bits per heavy atom. The number of carbonyl (C=O) groups excluding carboxylic acids is 2. The van der Waals surface area contributed by atoms with E-state index in [4.69, 9.17) is 4.74 Å². The molecule has 0 bridgehead atoms. The van der Waals surface area contributed by atoms with Crippen molar-refractivity contribution in [3.63, 3.8) is 0 Å². The van der Waals surface area contributed by atoms with Gasteiger partial charge in [0.25, 0.3) is 5.24 Å². The smallest absolute Gasteiger partial charge is 0.289 e. The monoisotopic (exact) mass is 465 g/mol. The Bertz CT molecular complexity index is 1100. The normalized spacial score (nSPS) is 19.2. The Labute approximate surface area is 202 Å². The van der Waals surface area contributed by atoms with Gasteiger partial charge in [-0.3, -0.25) is 14.5 Å². The lowest BCUT2D eigenvalue weighted by atomic mass is 9.62. The molecule has 0 N–H and O–H groups in total. The number of carbonyl (C=O) groups is 2. The highest BCUT2D eigenvalue weighted by molar-refractivity contribution is 8.14. The molecule has 0 saturated carbocycles. The molecule has 33 heavy (non-hydrogen) atoms. The van der Waals surface area contributed by atoms with Gasteiger partial charge in [0.05, 0.1) is 18.4 Å². The number of thioether (sulfide) groups is 1. The molecule has 1 heterocycles. The third-order valence-electron chi connectivity index (χ3n) is 7.11. The van der Waals surface area contributed by atoms with E-state index in [9.17, 15) is 9.59 Å². The van der Waals surface area contributed by atoms with E-state index >= 15 is 0 Å². The van der Waals surface area contributed by atoms with E-state index in [0.717, 1.165) is 40.6 Å². The Morgan fingerprint density at radius 3 is 2.24 bits per heavy atom. The van der Waals surface area contributed by atoms with Crippen molar-refractivity contribution >= 4 is 22.9 Å². The maximum absolute atomic E-state index is 12.4. The fourth-order valence-corrected chi connectivity index (χ4v) is 5.79. The summed E-state index contributed by atoms with van der Waals surface area (Å²) in [5, 5.41) is -0.175. The summed E-state index contributed by atoms with van der Waals surface area (Å²) in [5.41, 5.74) is 7.26. The van der Waals surface area contributed by atoms with Gasteiger partial charge in [0, 0.05) is 5.56 Å². The zero-order valence-electron chi connectivity index (χ0n) is 20.9. The fraction of sp³-hybridized carbons (Fsp3) is 0.500. The second kappa shape index (κ2) is 8.50. The highest BCUT2D eigenvalue weighted by atomic mass is 32.2. The van der Waals surface area contributed by atoms with Gasteiger partial charge in [-0.25, -0.2) is 0 Å². The molecule has 0 aromatic heterocycles. The summed E-state index contributed by atoms with van der Waals surface area (Å²) in [6, 6.07) is 10.7. The lowest BCUT2D eigenvalue weighted by Gasteiger charge is -2.42. The van der Waals surface area contributed by atoms with Gasteiger partial charge in [0.1, 0.15) is 5.75 Å². The van der Waals surface area contributed by atoms with Crippen LogP contribution in [-0.2, 0) is 22.2 Å². The van der Waals surface area contributed by atoms with Crippen LogP contribution in [0.2, 0.25) is 0 Å². The van der Waals surface area contributed by atoms with Crippen molar-refractivity contribution in [2.24, 2.45) is 0 Å². The largest absolute Gasteiger partial charge is 0.490 e. The molecule has 0 radical (unpaired) electrons. The summed E-state index contributed by atoms with van der Waals surface area (Å²) >= 11 is 1.08. The van der Waals surface area contributed by atoms with Crippen LogP contribution in [0.1, 0.15) is 76.6 Å². The summed E-state index contributed by atoms with van der Waals surface area (Å²) in [4.78, 5) is 26.1. The van der Waals surface area contributed by atoms with Crippen LogP contribution >= 0.6 is 11.8 Å². The van der Waals surface area contributed by atoms with Crippen LogP contribution in [0, 0.1) is 6.92 Å². The van der Waals surface area contributed by atoms with Crippen molar-refractivity contribution in [1.82, 2.24) is 4.90 Å². The van der Waals surface area contributed by atoms with E-state index in [1.807, 2.05) is 32.0 Å². The van der Waals surface area contributed by atoms with E-state index in [1.54, 1.807) is 0 Å². The molecule has 1 fully saturated rings. The van der Waals surface area contributed by atoms with Crippen molar-refractivity contribution in [2.75, 3.05) is 5.75 Å². The molecule has 1 aliphatic heterocycles. The van der Waals surface area contributed by atoms with Crippen molar-refractivity contribution in [3.8, 4) is 16.9 Å². The highest BCUT2D eigenvalue weighted by Crippen LogP contribution is 2.49. The average molecular weight is 466 g/mol. The van der Waals surface area contributed by atoms with Gasteiger partial charge >= 0.3 is 0 Å². The van der Waals surface area contributed by atoms with Crippen LogP contribution in [0.3, 0.4) is 0 Å². The molecule has 1 saturated heterocycles. The molecule has 4 nitrogen and oxygen atoms in total. The predicted molar refractivity (Wildman–Crippen MR) is 136 cm³/mol. The minimum atomic E-state index is -0.175. The third kappa shape index (κ3) is 4.44. The lowest BCUT2D eigenvalue weighted by molar-refractivity contribution is -0.125. The Morgan fingerprint density at radius 1 is 1.03 bits per heavy atom. The average Bonchev–Trinajstić information content (AvgIpc) is 3.03. The van der Waals surface area contributed by atoms with Gasteiger partial charge in [0.2, 0.25) is 5.91 Å². The topological polar surface area (TPSA) is 46.6 Å². The number of aryl methyl sites for hydroxylation is 1. The molecular weight excluding hydrogens is 430 g/mol. The number of hydrogen-bond donors (Lipinski definition) is 0. The number of imide groups is 1. The molecule has 2 aromatic rings. The number of amides is 2. The van der Waals surface area contributed by atoms with Crippen LogP contribution in [0.25, 0.3) is 11.1 Å². The van der Waals surface area contributed by atoms with E-state index < -0.39 is 0 Å². The van der Waals surface area contributed by atoms with Crippen LogP contribution < -0.4 is 4.74 Å². The minimum absolute atomic E-state index is 0.0120. The van der Waals surface area contributed by atoms with Crippen LogP contribution in [-0.4, -0.2) is 27.9 Å². The number of nitrogens with zero attached hydrogens (tertiary/aromatic N) is 1. The quantitative estimate of drug-likeness (QED) is 0.477. The van der Waals surface area contributed by atoms with Crippen molar-refractivity contribution in [3.05, 3.63) is 52.6 Å². The maximum atomic E-state index is 12.4. The molecule has 4 rings (SSSR count). The van der Waals surface area contributed by atoms with E-state index in [2.05, 4.69) is 46.8 Å². The Hall–Kier alpha value is -2.27.